The first-order valence-corrected chi connectivity index (χ1v) is 24.8. The summed E-state index contributed by atoms with van der Waals surface area (Å²) in [5.41, 5.74) is 2.54. The molecule has 0 unspecified atom stereocenters. The predicted molar refractivity (Wildman–Crippen MR) is 257 cm³/mol. The summed E-state index contributed by atoms with van der Waals surface area (Å²) >= 11 is 0. The molecule has 4 aromatic rings. The first-order valence-electron chi connectivity index (χ1n) is 24.8. The molecule has 2 N–H and O–H groups in total. The molecule has 0 spiro atoms. The van der Waals surface area contributed by atoms with Gasteiger partial charge in [0.05, 0.1) is 26.4 Å². The highest BCUT2D eigenvalue weighted by Gasteiger charge is 2.20. The first kappa shape index (κ1) is 50.4. The molecule has 0 saturated heterocycles. The van der Waals surface area contributed by atoms with E-state index in [1.54, 1.807) is 0 Å². The number of hydrogen-bond acceptors (Lipinski definition) is 6. The highest BCUT2D eigenvalue weighted by molar-refractivity contribution is 6.26. The van der Waals surface area contributed by atoms with E-state index >= 15 is 0 Å². The van der Waals surface area contributed by atoms with Crippen LogP contribution in [0.2, 0.25) is 0 Å². The molecular formula is C54H80O8. The molecule has 0 heterocycles. The summed E-state index contributed by atoms with van der Waals surface area (Å²) in [4.78, 5) is 22.6. The van der Waals surface area contributed by atoms with Gasteiger partial charge in [0.2, 0.25) is 0 Å². The van der Waals surface area contributed by atoms with E-state index in [1.165, 1.54) is 62.5 Å². The van der Waals surface area contributed by atoms with Crippen LogP contribution in [-0.4, -0.2) is 48.6 Å². The maximum Gasteiger partial charge on any atom is 0.303 e. The summed E-state index contributed by atoms with van der Waals surface area (Å²) in [6, 6.07) is 13.6. The zero-order valence-corrected chi connectivity index (χ0v) is 39.0. The maximum absolute atomic E-state index is 11.3. The van der Waals surface area contributed by atoms with Crippen molar-refractivity contribution in [2.75, 3.05) is 26.4 Å². The number of ether oxygens (including phenoxy) is 4. The van der Waals surface area contributed by atoms with Crippen molar-refractivity contribution in [3.05, 3.63) is 47.5 Å². The van der Waals surface area contributed by atoms with Gasteiger partial charge in [0.25, 0.3) is 0 Å². The molecule has 0 atom stereocenters. The Hall–Kier alpha value is -4.20. The average molecular weight is 857 g/mol. The zero-order chi connectivity index (χ0) is 44.4. The van der Waals surface area contributed by atoms with Crippen molar-refractivity contribution in [3.63, 3.8) is 0 Å². The van der Waals surface area contributed by atoms with E-state index in [0.29, 0.717) is 39.3 Å². The standard InChI is InChI=1S/C54H80O8/c1-5-9-13-23-31-59-49-37-45-43-35-41(27-19-17-21-29-53(55)56)42(28-20-18-22-30-54(57)58)36-44(43)46-38-50(60-32-24-14-10-6-2)52(62-34-26-16-12-8-4)40-48(46)47(45)39-51(49)61-33-25-15-11-7-3/h35-40H,5-34H2,1-4H3,(H,55,56)(H,57,58). The fourth-order valence-corrected chi connectivity index (χ4v) is 8.44. The van der Waals surface area contributed by atoms with Crippen LogP contribution in [0, 0.1) is 0 Å². The molecular weight excluding hydrogens is 777 g/mol. The molecule has 0 fully saturated rings. The van der Waals surface area contributed by atoms with Crippen LogP contribution in [0.3, 0.4) is 0 Å². The fraction of sp³-hybridized carbons (Fsp3) is 0.630. The second kappa shape index (κ2) is 29.2. The van der Waals surface area contributed by atoms with Gasteiger partial charge in [0, 0.05) is 12.8 Å². The molecule has 8 nitrogen and oxygen atoms in total. The molecule has 0 aliphatic heterocycles. The van der Waals surface area contributed by atoms with Crippen molar-refractivity contribution in [3.8, 4) is 23.0 Å². The van der Waals surface area contributed by atoms with E-state index in [1.807, 2.05) is 0 Å². The Bertz CT molecular complexity index is 1800. The van der Waals surface area contributed by atoms with E-state index in [4.69, 9.17) is 18.9 Å². The van der Waals surface area contributed by atoms with Gasteiger partial charge >= 0.3 is 11.9 Å². The quantitative estimate of drug-likeness (QED) is 0.0344. The number of unbranched alkanes of at least 4 members (excludes halogenated alkanes) is 16. The number of hydrogen-bond donors (Lipinski definition) is 2. The van der Waals surface area contributed by atoms with Crippen LogP contribution in [0.25, 0.3) is 32.3 Å². The normalized spacial score (nSPS) is 11.5. The van der Waals surface area contributed by atoms with Gasteiger partial charge in [-0.1, -0.05) is 130 Å². The van der Waals surface area contributed by atoms with Crippen LogP contribution >= 0.6 is 0 Å². The number of rotatable bonds is 36. The van der Waals surface area contributed by atoms with Gasteiger partial charge in [0.1, 0.15) is 0 Å². The van der Waals surface area contributed by atoms with Crippen molar-refractivity contribution in [1.29, 1.82) is 0 Å². The monoisotopic (exact) mass is 857 g/mol. The molecule has 62 heavy (non-hydrogen) atoms. The van der Waals surface area contributed by atoms with Crippen LogP contribution < -0.4 is 18.9 Å². The molecule has 4 rings (SSSR count). The van der Waals surface area contributed by atoms with Gasteiger partial charge in [-0.05, 0) is 132 Å². The maximum atomic E-state index is 11.3. The molecule has 344 valence electrons. The van der Waals surface area contributed by atoms with Crippen LogP contribution in [0.1, 0.15) is 193 Å². The Morgan fingerprint density at radius 2 is 0.613 bits per heavy atom. The second-order valence-electron chi connectivity index (χ2n) is 17.4. The van der Waals surface area contributed by atoms with E-state index in [-0.39, 0.29) is 12.8 Å². The van der Waals surface area contributed by atoms with Crippen molar-refractivity contribution in [2.24, 2.45) is 0 Å². The lowest BCUT2D eigenvalue weighted by Crippen LogP contribution is -2.04. The van der Waals surface area contributed by atoms with Crippen molar-refractivity contribution >= 4 is 44.3 Å². The molecule has 0 bridgehead atoms. The Balaban J connectivity index is 1.95. The van der Waals surface area contributed by atoms with Crippen molar-refractivity contribution in [1.82, 2.24) is 0 Å². The van der Waals surface area contributed by atoms with Crippen molar-refractivity contribution < 1.29 is 38.7 Å². The summed E-state index contributed by atoms with van der Waals surface area (Å²) in [5, 5.41) is 25.3. The Morgan fingerprint density at radius 1 is 0.355 bits per heavy atom. The summed E-state index contributed by atoms with van der Waals surface area (Å²) < 4.78 is 26.5. The smallest absolute Gasteiger partial charge is 0.303 e. The number of carboxylic acids is 2. The van der Waals surface area contributed by atoms with Crippen LogP contribution in [0.4, 0.5) is 0 Å². The van der Waals surface area contributed by atoms with Gasteiger partial charge in [-0.15, -0.1) is 0 Å². The number of carboxylic acid groups (broad SMARTS) is 2. The van der Waals surface area contributed by atoms with Gasteiger partial charge in [-0.2, -0.15) is 0 Å². The van der Waals surface area contributed by atoms with Gasteiger partial charge in [-0.3, -0.25) is 9.59 Å². The number of aryl methyl sites for hydroxylation is 2. The lowest BCUT2D eigenvalue weighted by atomic mass is 9.88. The lowest BCUT2D eigenvalue weighted by Gasteiger charge is -2.21. The zero-order valence-electron chi connectivity index (χ0n) is 39.0. The minimum Gasteiger partial charge on any atom is -0.490 e. The third kappa shape index (κ3) is 16.8. The second-order valence-corrected chi connectivity index (χ2v) is 17.4. The highest BCUT2D eigenvalue weighted by Crippen LogP contribution is 2.45. The third-order valence-corrected chi connectivity index (χ3v) is 12.1. The molecule has 0 aliphatic carbocycles. The topological polar surface area (TPSA) is 112 Å². The lowest BCUT2D eigenvalue weighted by molar-refractivity contribution is -0.138. The van der Waals surface area contributed by atoms with Crippen LogP contribution in [0.15, 0.2) is 36.4 Å². The summed E-state index contributed by atoms with van der Waals surface area (Å²) in [7, 11) is 0. The number of aliphatic carboxylic acids is 2. The molecule has 8 heteroatoms. The van der Waals surface area contributed by atoms with Crippen LogP contribution in [0.5, 0.6) is 23.0 Å². The number of fused-ring (bicyclic) bond motifs is 6. The SMILES string of the molecule is CCCCCCOc1cc2c3cc(CCCCCC(=O)O)c(CCCCCC(=O)O)cc3c3cc(OCCCCCC)c(OCCCCCC)cc3c2cc1OCCCCCC. The number of carbonyl (C=O) groups is 2. The largest absolute Gasteiger partial charge is 0.490 e. The molecule has 0 amide bonds. The van der Waals surface area contributed by atoms with E-state index in [2.05, 4.69) is 64.1 Å². The Morgan fingerprint density at radius 3 is 0.871 bits per heavy atom. The highest BCUT2D eigenvalue weighted by atomic mass is 16.5. The average Bonchev–Trinajstić information content (AvgIpc) is 3.26. The predicted octanol–water partition coefficient (Wildman–Crippen LogP) is 15.4. The molecule has 0 saturated carbocycles. The summed E-state index contributed by atoms with van der Waals surface area (Å²) in [6.45, 7) is 11.4. The fourth-order valence-electron chi connectivity index (χ4n) is 8.44. The van der Waals surface area contributed by atoms with E-state index < -0.39 is 11.9 Å². The molecule has 0 aliphatic rings. The summed E-state index contributed by atoms with van der Waals surface area (Å²) in [5.74, 6) is 1.61. The first-order chi connectivity index (χ1) is 30.3. The van der Waals surface area contributed by atoms with Gasteiger partial charge in [0.15, 0.2) is 23.0 Å². The Kier molecular flexibility index (Phi) is 23.8. The Labute approximate surface area is 373 Å². The minimum atomic E-state index is -0.752. The van der Waals surface area contributed by atoms with E-state index in [0.717, 1.165) is 145 Å². The van der Waals surface area contributed by atoms with Gasteiger partial charge < -0.3 is 29.2 Å². The van der Waals surface area contributed by atoms with Crippen LogP contribution in [-0.2, 0) is 22.4 Å². The number of benzene rings is 4. The molecule has 4 aromatic carbocycles. The third-order valence-electron chi connectivity index (χ3n) is 12.1. The van der Waals surface area contributed by atoms with E-state index in [9.17, 15) is 19.8 Å². The summed E-state index contributed by atoms with van der Waals surface area (Å²) in [6.07, 6.45) is 24.8. The molecule has 0 radical (unpaired) electrons. The van der Waals surface area contributed by atoms with Gasteiger partial charge in [-0.25, -0.2) is 0 Å². The molecule has 0 aromatic heterocycles. The van der Waals surface area contributed by atoms with Crippen molar-refractivity contribution in [2.45, 2.75) is 195 Å². The minimum absolute atomic E-state index is 0.183.